The summed E-state index contributed by atoms with van der Waals surface area (Å²) >= 11 is 0. The largest absolute Gasteiger partial charge is 0.494 e. The first kappa shape index (κ1) is 15.4. The van der Waals surface area contributed by atoms with Gasteiger partial charge >= 0.3 is 5.97 Å². The fourth-order valence-corrected chi connectivity index (χ4v) is 3.10. The number of nitrogens with zero attached hydrogens (tertiary/aromatic N) is 1. The van der Waals surface area contributed by atoms with Crippen LogP contribution in [0.2, 0.25) is 0 Å². The van der Waals surface area contributed by atoms with Crippen LogP contribution in [-0.4, -0.2) is 29.3 Å². The van der Waals surface area contributed by atoms with Crippen molar-refractivity contribution in [1.29, 1.82) is 0 Å². The Kier molecular flexibility index (Phi) is 3.99. The van der Waals surface area contributed by atoms with Gasteiger partial charge in [-0.2, -0.15) is 0 Å². The van der Waals surface area contributed by atoms with E-state index in [0.717, 1.165) is 22.6 Å². The summed E-state index contributed by atoms with van der Waals surface area (Å²) in [5.74, 6) is -0.0116. The lowest BCUT2D eigenvalue weighted by Crippen LogP contribution is -2.53. The van der Waals surface area contributed by atoms with Gasteiger partial charge in [0.2, 0.25) is 0 Å². The highest BCUT2D eigenvalue weighted by atomic mass is 16.5. The van der Waals surface area contributed by atoms with E-state index in [4.69, 9.17) is 4.74 Å². The van der Waals surface area contributed by atoms with E-state index in [1.54, 1.807) is 6.92 Å². The van der Waals surface area contributed by atoms with Gasteiger partial charge in [-0.1, -0.05) is 6.08 Å². The summed E-state index contributed by atoms with van der Waals surface area (Å²) in [5, 5.41) is 9.41. The molecule has 1 heterocycles. The van der Waals surface area contributed by atoms with E-state index in [1.807, 2.05) is 43.9 Å². The molecule has 2 rings (SSSR count). The van der Waals surface area contributed by atoms with Crippen molar-refractivity contribution in [3.05, 3.63) is 29.8 Å². The van der Waals surface area contributed by atoms with E-state index in [-0.39, 0.29) is 5.54 Å². The van der Waals surface area contributed by atoms with Gasteiger partial charge in [0.25, 0.3) is 0 Å². The highest BCUT2D eigenvalue weighted by Gasteiger charge is 2.37. The highest BCUT2D eigenvalue weighted by molar-refractivity contribution is 5.87. The second-order valence-electron chi connectivity index (χ2n) is 5.98. The summed E-state index contributed by atoms with van der Waals surface area (Å²) in [5.41, 5.74) is 2.78. The van der Waals surface area contributed by atoms with Crippen molar-refractivity contribution in [1.82, 2.24) is 0 Å². The Hall–Kier alpha value is -1.97. The molecule has 4 nitrogen and oxygen atoms in total. The summed E-state index contributed by atoms with van der Waals surface area (Å²) in [6.45, 7) is 10.4. The van der Waals surface area contributed by atoms with Gasteiger partial charge in [0.1, 0.15) is 11.8 Å². The number of carboxylic acid groups (broad SMARTS) is 1. The van der Waals surface area contributed by atoms with E-state index in [2.05, 4.69) is 13.0 Å². The number of aliphatic carboxylic acids is 1. The number of carbonyl (C=O) groups is 1. The number of fused-ring (bicyclic) bond motifs is 1. The van der Waals surface area contributed by atoms with Crippen molar-refractivity contribution >= 4 is 17.2 Å². The van der Waals surface area contributed by atoms with E-state index in [1.165, 1.54) is 0 Å². The molecule has 4 heteroatoms. The molecule has 1 aromatic carbocycles. The lowest BCUT2D eigenvalue weighted by atomic mass is 9.87. The minimum atomic E-state index is -0.823. The third-order valence-corrected chi connectivity index (χ3v) is 3.90. The van der Waals surface area contributed by atoms with Crippen molar-refractivity contribution in [3.63, 3.8) is 0 Å². The Morgan fingerprint density at radius 1 is 1.43 bits per heavy atom. The van der Waals surface area contributed by atoms with Crippen LogP contribution in [0.15, 0.2) is 24.3 Å². The predicted octanol–water partition coefficient (Wildman–Crippen LogP) is 3.56. The number of anilines is 1. The molecule has 1 aliphatic heterocycles. The van der Waals surface area contributed by atoms with Gasteiger partial charge in [-0.3, -0.25) is 0 Å². The highest BCUT2D eigenvalue weighted by Crippen LogP contribution is 2.41. The van der Waals surface area contributed by atoms with Gasteiger partial charge in [-0.15, -0.1) is 0 Å². The first-order valence-electron chi connectivity index (χ1n) is 7.26. The Balaban J connectivity index is 2.57. The molecule has 1 N–H and O–H groups in total. The van der Waals surface area contributed by atoms with E-state index in [9.17, 15) is 9.90 Å². The number of hydrogen-bond acceptors (Lipinski definition) is 3. The zero-order chi connectivity index (χ0) is 15.8. The maximum Gasteiger partial charge on any atom is 0.326 e. The van der Waals surface area contributed by atoms with E-state index < -0.39 is 12.0 Å². The number of allylic oxidation sites excluding steroid dienone is 1. The molecule has 0 unspecified atom stereocenters. The normalized spacial score (nSPS) is 17.8. The third-order valence-electron chi connectivity index (χ3n) is 3.90. The molecule has 1 aliphatic rings. The summed E-state index contributed by atoms with van der Waals surface area (Å²) < 4.78 is 5.55. The van der Waals surface area contributed by atoms with E-state index >= 15 is 0 Å². The number of carboxylic acids is 1. The molecule has 1 atom stereocenters. The average molecular weight is 289 g/mol. The van der Waals surface area contributed by atoms with Gasteiger partial charge < -0.3 is 14.7 Å². The smallest absolute Gasteiger partial charge is 0.326 e. The van der Waals surface area contributed by atoms with Gasteiger partial charge in [-0.25, -0.2) is 4.79 Å². The van der Waals surface area contributed by atoms with Crippen molar-refractivity contribution < 1.29 is 14.6 Å². The molecule has 0 spiro atoms. The molecule has 0 bridgehead atoms. The second-order valence-corrected chi connectivity index (χ2v) is 5.98. The average Bonchev–Trinajstić information content (AvgIpc) is 2.38. The first-order chi connectivity index (χ1) is 9.77. The molecule has 1 aromatic rings. The second kappa shape index (κ2) is 5.43. The molecule has 0 saturated heterocycles. The fraction of sp³-hybridized carbons (Fsp3) is 0.471. The van der Waals surface area contributed by atoms with Gasteiger partial charge in [0.05, 0.1) is 12.1 Å². The molecular weight excluding hydrogens is 266 g/mol. The Labute approximate surface area is 126 Å². The van der Waals surface area contributed by atoms with Gasteiger partial charge in [0, 0.05) is 11.3 Å². The van der Waals surface area contributed by atoms with Gasteiger partial charge in [0.15, 0.2) is 0 Å². The Morgan fingerprint density at radius 3 is 2.67 bits per heavy atom. The number of benzene rings is 1. The monoisotopic (exact) mass is 289 g/mol. The van der Waals surface area contributed by atoms with Crippen LogP contribution >= 0.6 is 0 Å². The lowest BCUT2D eigenvalue weighted by Gasteiger charge is -2.45. The minimum Gasteiger partial charge on any atom is -0.494 e. The summed E-state index contributed by atoms with van der Waals surface area (Å²) in [4.78, 5) is 13.4. The maximum atomic E-state index is 11.5. The number of rotatable bonds is 4. The summed E-state index contributed by atoms with van der Waals surface area (Å²) in [7, 11) is 0. The zero-order valence-electron chi connectivity index (χ0n) is 13.3. The molecule has 0 aliphatic carbocycles. The number of ether oxygens (including phenoxy) is 1. The molecule has 0 saturated carbocycles. The summed E-state index contributed by atoms with van der Waals surface area (Å²) in [6, 6.07) is 5.25. The molecule has 0 amide bonds. The molecule has 0 fully saturated rings. The minimum absolute atomic E-state index is 0.345. The van der Waals surface area contributed by atoms with Crippen molar-refractivity contribution in [2.45, 2.75) is 46.2 Å². The van der Waals surface area contributed by atoms with Crippen LogP contribution in [0.4, 0.5) is 5.69 Å². The SMILES string of the molecule is CCOc1ccc2c(c1)C(C)=CC(C)(C)N2[C@@H](C)C(=O)O. The van der Waals surface area contributed by atoms with Gasteiger partial charge in [-0.05, 0) is 58.4 Å². The van der Waals surface area contributed by atoms with Crippen LogP contribution in [0.25, 0.3) is 5.57 Å². The van der Waals surface area contributed by atoms with Crippen LogP contribution in [0.1, 0.15) is 40.2 Å². The van der Waals surface area contributed by atoms with Crippen molar-refractivity contribution in [3.8, 4) is 5.75 Å². The van der Waals surface area contributed by atoms with Crippen LogP contribution in [0.3, 0.4) is 0 Å². The topological polar surface area (TPSA) is 49.8 Å². The third kappa shape index (κ3) is 2.75. The molecule has 0 radical (unpaired) electrons. The fourth-order valence-electron chi connectivity index (χ4n) is 3.10. The van der Waals surface area contributed by atoms with Crippen LogP contribution in [0.5, 0.6) is 5.75 Å². The number of hydrogen-bond donors (Lipinski definition) is 1. The first-order valence-corrected chi connectivity index (χ1v) is 7.26. The van der Waals surface area contributed by atoms with Crippen LogP contribution in [0, 0.1) is 0 Å². The van der Waals surface area contributed by atoms with Crippen molar-refractivity contribution in [2.24, 2.45) is 0 Å². The predicted molar refractivity (Wildman–Crippen MR) is 84.9 cm³/mol. The molecule has 114 valence electrons. The molecular formula is C17H23NO3. The standard InChI is InChI=1S/C17H23NO3/c1-6-21-13-7-8-15-14(9-13)11(2)10-17(4,5)18(15)12(3)16(19)20/h7-10,12H,6H2,1-5H3,(H,19,20)/t12-/m0/s1. The van der Waals surface area contributed by atoms with E-state index in [0.29, 0.717) is 6.61 Å². The Morgan fingerprint density at radius 2 is 2.10 bits per heavy atom. The Bertz CT molecular complexity index is 590. The van der Waals surface area contributed by atoms with Crippen LogP contribution in [-0.2, 0) is 4.79 Å². The molecule has 21 heavy (non-hydrogen) atoms. The quantitative estimate of drug-likeness (QED) is 0.920. The lowest BCUT2D eigenvalue weighted by molar-refractivity contribution is -0.138. The maximum absolute atomic E-state index is 11.5. The molecule has 0 aromatic heterocycles. The van der Waals surface area contributed by atoms with Crippen LogP contribution < -0.4 is 9.64 Å². The zero-order valence-corrected chi connectivity index (χ0v) is 13.3. The summed E-state index contributed by atoms with van der Waals surface area (Å²) in [6.07, 6.45) is 2.12. The van der Waals surface area contributed by atoms with Crippen molar-refractivity contribution in [2.75, 3.05) is 11.5 Å².